The van der Waals surface area contributed by atoms with Crippen molar-refractivity contribution in [2.24, 2.45) is 5.10 Å². The summed E-state index contributed by atoms with van der Waals surface area (Å²) in [6, 6.07) is 5.62. The molecule has 9 heteroatoms. The fraction of sp³-hybridized carbons (Fsp3) is 0.368. The molecule has 0 aliphatic carbocycles. The van der Waals surface area contributed by atoms with Gasteiger partial charge in [0.2, 0.25) is 5.95 Å². The molecular formula is C19H20F2N6O. The van der Waals surface area contributed by atoms with Gasteiger partial charge in [-0.05, 0) is 24.6 Å². The van der Waals surface area contributed by atoms with E-state index in [-0.39, 0.29) is 23.9 Å². The van der Waals surface area contributed by atoms with E-state index in [4.69, 9.17) is 0 Å². The van der Waals surface area contributed by atoms with Crippen LogP contribution >= 0.6 is 0 Å². The summed E-state index contributed by atoms with van der Waals surface area (Å²) in [6.07, 6.45) is 4.49. The number of amides is 2. The number of carbonyl (C=O) groups is 1. The average Bonchev–Trinajstić information content (AvgIpc) is 3.18. The van der Waals surface area contributed by atoms with E-state index in [0.29, 0.717) is 32.0 Å². The highest BCUT2D eigenvalue weighted by Gasteiger charge is 2.36. The first-order chi connectivity index (χ1) is 13.5. The van der Waals surface area contributed by atoms with Gasteiger partial charge in [0.1, 0.15) is 5.82 Å². The Bertz CT molecular complexity index is 890. The molecule has 2 aromatic rings. The summed E-state index contributed by atoms with van der Waals surface area (Å²) in [5, 5.41) is 5.66. The number of carbonyl (C=O) groups excluding carboxylic acids is 1. The minimum absolute atomic E-state index is 0.112. The van der Waals surface area contributed by atoms with Gasteiger partial charge in [-0.3, -0.25) is 0 Å². The fourth-order valence-corrected chi connectivity index (χ4v) is 3.61. The van der Waals surface area contributed by atoms with Crippen molar-refractivity contribution in [1.29, 1.82) is 0 Å². The number of rotatable bonds is 2. The van der Waals surface area contributed by atoms with E-state index < -0.39 is 5.82 Å². The SMILES string of the molecule is C[C@H]1CN(c2ncc(F)cn2)CCN1C(=O)N1N=CC[C@H]1c1cccc(F)c1. The normalized spacial score (nSPS) is 22.0. The number of benzene rings is 1. The largest absolute Gasteiger partial charge is 0.341 e. The molecule has 0 spiro atoms. The molecule has 1 aromatic heterocycles. The van der Waals surface area contributed by atoms with Crippen molar-refractivity contribution in [1.82, 2.24) is 19.9 Å². The van der Waals surface area contributed by atoms with E-state index in [0.717, 1.165) is 18.0 Å². The Labute approximate surface area is 161 Å². The van der Waals surface area contributed by atoms with Gasteiger partial charge in [0.25, 0.3) is 0 Å². The van der Waals surface area contributed by atoms with Crippen LogP contribution in [0.25, 0.3) is 0 Å². The van der Waals surface area contributed by atoms with E-state index in [9.17, 15) is 13.6 Å². The molecule has 4 rings (SSSR count). The smallest absolute Gasteiger partial charge is 0.337 e. The highest BCUT2D eigenvalue weighted by atomic mass is 19.1. The van der Waals surface area contributed by atoms with Crippen LogP contribution in [0.5, 0.6) is 0 Å². The Kier molecular flexibility index (Phi) is 4.89. The molecular weight excluding hydrogens is 366 g/mol. The minimum atomic E-state index is -0.485. The Morgan fingerprint density at radius 1 is 1.14 bits per heavy atom. The summed E-state index contributed by atoms with van der Waals surface area (Å²) in [5.74, 6) is -0.379. The van der Waals surface area contributed by atoms with E-state index in [2.05, 4.69) is 15.1 Å². The van der Waals surface area contributed by atoms with Crippen LogP contribution in [0, 0.1) is 11.6 Å². The molecule has 3 heterocycles. The molecule has 146 valence electrons. The summed E-state index contributed by atoms with van der Waals surface area (Å²) in [6.45, 7) is 3.46. The lowest BCUT2D eigenvalue weighted by Gasteiger charge is -2.41. The van der Waals surface area contributed by atoms with Crippen molar-refractivity contribution in [2.45, 2.75) is 25.4 Å². The summed E-state index contributed by atoms with van der Waals surface area (Å²) in [5.41, 5.74) is 0.719. The van der Waals surface area contributed by atoms with Gasteiger partial charge in [0.15, 0.2) is 5.82 Å². The molecule has 7 nitrogen and oxygen atoms in total. The number of hydrogen-bond donors (Lipinski definition) is 0. The first-order valence-corrected chi connectivity index (χ1v) is 9.13. The molecule has 0 saturated carbocycles. The van der Waals surface area contributed by atoms with Gasteiger partial charge in [-0.25, -0.2) is 28.6 Å². The van der Waals surface area contributed by atoms with Crippen LogP contribution < -0.4 is 4.90 Å². The van der Waals surface area contributed by atoms with Crippen LogP contribution in [-0.4, -0.2) is 57.8 Å². The lowest BCUT2D eigenvalue weighted by molar-refractivity contribution is 0.121. The van der Waals surface area contributed by atoms with Gasteiger partial charge in [-0.1, -0.05) is 12.1 Å². The molecule has 1 saturated heterocycles. The van der Waals surface area contributed by atoms with Gasteiger partial charge < -0.3 is 9.80 Å². The van der Waals surface area contributed by atoms with E-state index in [1.54, 1.807) is 23.2 Å². The van der Waals surface area contributed by atoms with Gasteiger partial charge in [0.05, 0.1) is 18.4 Å². The average molecular weight is 386 g/mol. The quantitative estimate of drug-likeness (QED) is 0.796. The van der Waals surface area contributed by atoms with Crippen molar-refractivity contribution >= 4 is 18.2 Å². The maximum Gasteiger partial charge on any atom is 0.341 e. The summed E-state index contributed by atoms with van der Waals surface area (Å²) < 4.78 is 26.6. The highest BCUT2D eigenvalue weighted by Crippen LogP contribution is 2.30. The highest BCUT2D eigenvalue weighted by molar-refractivity contribution is 5.79. The van der Waals surface area contributed by atoms with Crippen LogP contribution in [0.4, 0.5) is 19.5 Å². The van der Waals surface area contributed by atoms with Crippen molar-refractivity contribution in [3.8, 4) is 0 Å². The Morgan fingerprint density at radius 2 is 1.93 bits per heavy atom. The van der Waals surface area contributed by atoms with E-state index in [1.807, 2.05) is 11.8 Å². The second-order valence-corrected chi connectivity index (χ2v) is 6.92. The summed E-state index contributed by atoms with van der Waals surface area (Å²) in [7, 11) is 0. The number of urea groups is 1. The van der Waals surface area contributed by atoms with Crippen LogP contribution in [0.2, 0.25) is 0 Å². The summed E-state index contributed by atoms with van der Waals surface area (Å²) in [4.78, 5) is 24.8. The third-order valence-electron chi connectivity index (χ3n) is 5.02. The molecule has 2 aliphatic rings. The lowest BCUT2D eigenvalue weighted by atomic mass is 10.0. The maximum absolute atomic E-state index is 13.6. The van der Waals surface area contributed by atoms with Gasteiger partial charge >= 0.3 is 6.03 Å². The third kappa shape index (κ3) is 3.51. The second kappa shape index (κ2) is 7.49. The Morgan fingerprint density at radius 3 is 2.64 bits per heavy atom. The third-order valence-corrected chi connectivity index (χ3v) is 5.02. The van der Waals surface area contributed by atoms with Crippen molar-refractivity contribution in [2.75, 3.05) is 24.5 Å². The number of piperazine rings is 1. The van der Waals surface area contributed by atoms with E-state index >= 15 is 0 Å². The predicted octanol–water partition coefficient (Wildman–Crippen LogP) is 2.82. The topological polar surface area (TPSA) is 64.9 Å². The monoisotopic (exact) mass is 386 g/mol. The zero-order valence-corrected chi connectivity index (χ0v) is 15.4. The molecule has 2 atom stereocenters. The molecule has 2 aliphatic heterocycles. The molecule has 0 radical (unpaired) electrons. The van der Waals surface area contributed by atoms with Crippen LogP contribution in [0.3, 0.4) is 0 Å². The first kappa shape index (κ1) is 18.3. The van der Waals surface area contributed by atoms with Crippen molar-refractivity contribution in [3.63, 3.8) is 0 Å². The molecule has 2 amide bonds. The van der Waals surface area contributed by atoms with Crippen LogP contribution in [0.1, 0.15) is 24.9 Å². The van der Waals surface area contributed by atoms with Gasteiger partial charge in [0, 0.05) is 38.3 Å². The molecule has 28 heavy (non-hydrogen) atoms. The number of aromatic nitrogens is 2. The molecule has 1 fully saturated rings. The molecule has 0 bridgehead atoms. The standard InChI is InChI=1S/C19H20F2N6O/c1-13-12-25(18-22-10-16(21)11-23-18)7-8-26(13)19(28)27-17(5-6-24-27)14-3-2-4-15(20)9-14/h2-4,6,9-11,13,17H,5,7-8,12H2,1H3/t13-,17-/m0/s1. The number of halogens is 2. The van der Waals surface area contributed by atoms with Crippen LogP contribution in [-0.2, 0) is 0 Å². The number of hydrazone groups is 1. The number of anilines is 1. The van der Waals surface area contributed by atoms with Crippen LogP contribution in [0.15, 0.2) is 41.8 Å². The molecule has 1 aromatic carbocycles. The van der Waals surface area contributed by atoms with Crippen molar-refractivity contribution < 1.29 is 13.6 Å². The number of nitrogens with zero attached hydrogens (tertiary/aromatic N) is 6. The molecule has 0 unspecified atom stereocenters. The fourth-order valence-electron chi connectivity index (χ4n) is 3.61. The predicted molar refractivity (Wildman–Crippen MR) is 99.9 cm³/mol. The summed E-state index contributed by atoms with van der Waals surface area (Å²) >= 11 is 0. The van der Waals surface area contributed by atoms with Crippen molar-refractivity contribution in [3.05, 3.63) is 53.9 Å². The van der Waals surface area contributed by atoms with Gasteiger partial charge in [-0.2, -0.15) is 5.10 Å². The van der Waals surface area contributed by atoms with E-state index in [1.165, 1.54) is 17.1 Å². The number of hydrogen-bond acceptors (Lipinski definition) is 5. The Balaban J connectivity index is 1.46. The first-order valence-electron chi connectivity index (χ1n) is 9.13. The lowest BCUT2D eigenvalue weighted by Crippen LogP contribution is -2.57. The second-order valence-electron chi connectivity index (χ2n) is 6.92. The maximum atomic E-state index is 13.6. The van der Waals surface area contributed by atoms with Gasteiger partial charge in [-0.15, -0.1) is 0 Å². The zero-order chi connectivity index (χ0) is 19.7. The Hall–Kier alpha value is -3.10. The molecule has 0 N–H and O–H groups in total. The minimum Gasteiger partial charge on any atom is -0.337 e. The zero-order valence-electron chi connectivity index (χ0n) is 15.4.